The van der Waals surface area contributed by atoms with Gasteiger partial charge < -0.3 is 23.7 Å². The fourth-order valence-corrected chi connectivity index (χ4v) is 3.48. The van der Waals surface area contributed by atoms with Crippen molar-refractivity contribution in [3.05, 3.63) is 51.9 Å². The summed E-state index contributed by atoms with van der Waals surface area (Å²) in [6.07, 6.45) is -0.403. The standard InChI is InChI=1S/C24H28O8/c1-6-14(4)23(27)29-12-24(5,28)22-21(32-18(26)11-13(2)3)19-16(30-22)9-7-15-8-10-17(25)31-20(15)19/h6-10,13,21-22,28H,11-12H2,1-5H3/t21-,22+,24+/m1/s1. The molecular formula is C24H28O8. The number of hydrogen-bond donors (Lipinski definition) is 1. The molecular weight excluding hydrogens is 416 g/mol. The Bertz CT molecular complexity index is 1110. The fourth-order valence-electron chi connectivity index (χ4n) is 3.48. The average molecular weight is 444 g/mol. The van der Waals surface area contributed by atoms with E-state index in [-0.39, 0.29) is 17.9 Å². The van der Waals surface area contributed by atoms with Gasteiger partial charge in [-0.2, -0.15) is 0 Å². The summed E-state index contributed by atoms with van der Waals surface area (Å²) in [4.78, 5) is 36.5. The second kappa shape index (κ2) is 9.16. The molecule has 0 unspecified atom stereocenters. The summed E-state index contributed by atoms with van der Waals surface area (Å²) in [5, 5.41) is 11.8. The lowest BCUT2D eigenvalue weighted by Gasteiger charge is -2.32. The van der Waals surface area contributed by atoms with E-state index in [9.17, 15) is 19.5 Å². The molecule has 172 valence electrons. The number of carbonyl (C=O) groups is 2. The molecule has 1 aliphatic heterocycles. The van der Waals surface area contributed by atoms with Crippen LogP contribution in [0.25, 0.3) is 11.0 Å². The Labute approximate surface area is 185 Å². The Balaban J connectivity index is 2.00. The van der Waals surface area contributed by atoms with E-state index < -0.39 is 42.0 Å². The van der Waals surface area contributed by atoms with Gasteiger partial charge in [-0.15, -0.1) is 0 Å². The van der Waals surface area contributed by atoms with Crippen LogP contribution in [0.15, 0.2) is 45.1 Å². The molecule has 0 fully saturated rings. The van der Waals surface area contributed by atoms with Crippen molar-refractivity contribution < 1.29 is 33.3 Å². The highest BCUT2D eigenvalue weighted by Crippen LogP contribution is 2.46. The maximum absolute atomic E-state index is 12.5. The molecule has 2 heterocycles. The van der Waals surface area contributed by atoms with Crippen molar-refractivity contribution in [2.75, 3.05) is 6.61 Å². The van der Waals surface area contributed by atoms with E-state index in [1.54, 1.807) is 38.1 Å². The molecule has 3 rings (SSSR count). The minimum absolute atomic E-state index is 0.0541. The second-order valence-corrected chi connectivity index (χ2v) is 8.60. The van der Waals surface area contributed by atoms with Crippen molar-refractivity contribution in [1.29, 1.82) is 0 Å². The molecule has 0 amide bonds. The lowest BCUT2D eigenvalue weighted by atomic mass is 9.92. The largest absolute Gasteiger partial charge is 0.482 e. The zero-order valence-electron chi connectivity index (χ0n) is 18.8. The van der Waals surface area contributed by atoms with Crippen LogP contribution < -0.4 is 10.4 Å². The van der Waals surface area contributed by atoms with Crippen LogP contribution in [0.3, 0.4) is 0 Å². The summed E-state index contributed by atoms with van der Waals surface area (Å²) in [6, 6.07) is 6.26. The Morgan fingerprint density at radius 1 is 1.25 bits per heavy atom. The molecule has 2 aromatic rings. The first-order valence-electron chi connectivity index (χ1n) is 10.5. The van der Waals surface area contributed by atoms with E-state index in [0.29, 0.717) is 22.3 Å². The van der Waals surface area contributed by atoms with E-state index in [2.05, 4.69) is 0 Å². The lowest BCUT2D eigenvalue weighted by molar-refractivity contribution is -0.172. The molecule has 1 aliphatic rings. The minimum Gasteiger partial charge on any atom is -0.482 e. The van der Waals surface area contributed by atoms with Gasteiger partial charge in [0.1, 0.15) is 23.5 Å². The van der Waals surface area contributed by atoms with E-state index in [1.807, 2.05) is 13.8 Å². The van der Waals surface area contributed by atoms with Gasteiger partial charge in [-0.1, -0.05) is 19.9 Å². The number of esters is 2. The number of aliphatic hydroxyl groups is 1. The Hall–Kier alpha value is -3.13. The van der Waals surface area contributed by atoms with Crippen LogP contribution in [0.1, 0.15) is 52.7 Å². The Morgan fingerprint density at radius 3 is 2.59 bits per heavy atom. The summed E-state index contributed by atoms with van der Waals surface area (Å²) in [5.74, 6) is -0.693. The summed E-state index contributed by atoms with van der Waals surface area (Å²) in [6.45, 7) is 8.11. The van der Waals surface area contributed by atoms with Crippen LogP contribution in [0, 0.1) is 5.92 Å². The van der Waals surface area contributed by atoms with Gasteiger partial charge in [0.2, 0.25) is 0 Å². The minimum atomic E-state index is -1.72. The van der Waals surface area contributed by atoms with Crippen LogP contribution in [-0.2, 0) is 19.1 Å². The highest BCUT2D eigenvalue weighted by molar-refractivity contribution is 5.87. The first kappa shape index (κ1) is 23.5. The maximum atomic E-state index is 12.5. The number of rotatable bonds is 7. The summed E-state index contributed by atoms with van der Waals surface area (Å²) in [7, 11) is 0. The van der Waals surface area contributed by atoms with Gasteiger partial charge in [0.15, 0.2) is 12.2 Å². The predicted octanol–water partition coefficient (Wildman–Crippen LogP) is 3.44. The molecule has 3 atom stereocenters. The molecule has 1 aromatic heterocycles. The Morgan fingerprint density at radius 2 is 1.94 bits per heavy atom. The first-order valence-corrected chi connectivity index (χ1v) is 10.5. The third-order valence-electron chi connectivity index (χ3n) is 5.30. The van der Waals surface area contributed by atoms with E-state index in [4.69, 9.17) is 18.6 Å². The van der Waals surface area contributed by atoms with E-state index in [1.165, 1.54) is 13.0 Å². The van der Waals surface area contributed by atoms with Crippen LogP contribution in [0.2, 0.25) is 0 Å². The molecule has 0 aliphatic carbocycles. The van der Waals surface area contributed by atoms with Crippen LogP contribution >= 0.6 is 0 Å². The second-order valence-electron chi connectivity index (χ2n) is 8.60. The quantitative estimate of drug-likeness (QED) is 0.393. The fraction of sp³-hybridized carbons (Fsp3) is 0.458. The van der Waals surface area contributed by atoms with Crippen molar-refractivity contribution in [1.82, 2.24) is 0 Å². The van der Waals surface area contributed by atoms with E-state index in [0.717, 1.165) is 0 Å². The van der Waals surface area contributed by atoms with Gasteiger partial charge >= 0.3 is 17.6 Å². The van der Waals surface area contributed by atoms with Gasteiger partial charge in [-0.25, -0.2) is 9.59 Å². The van der Waals surface area contributed by atoms with Gasteiger partial charge in [0, 0.05) is 23.4 Å². The van der Waals surface area contributed by atoms with Crippen LogP contribution in [0.4, 0.5) is 0 Å². The van der Waals surface area contributed by atoms with E-state index >= 15 is 0 Å². The third kappa shape index (κ3) is 4.85. The van der Waals surface area contributed by atoms with Gasteiger partial charge in [0.05, 0.1) is 5.56 Å². The van der Waals surface area contributed by atoms with Gasteiger partial charge in [0.25, 0.3) is 0 Å². The zero-order chi connectivity index (χ0) is 23.6. The highest BCUT2D eigenvalue weighted by atomic mass is 16.6. The molecule has 0 radical (unpaired) electrons. The number of benzene rings is 1. The third-order valence-corrected chi connectivity index (χ3v) is 5.30. The molecule has 8 heteroatoms. The predicted molar refractivity (Wildman–Crippen MR) is 116 cm³/mol. The topological polar surface area (TPSA) is 112 Å². The van der Waals surface area contributed by atoms with Crippen LogP contribution in [0.5, 0.6) is 5.75 Å². The number of hydrogen-bond acceptors (Lipinski definition) is 8. The number of allylic oxidation sites excluding steroid dienone is 1. The summed E-state index contributed by atoms with van der Waals surface area (Å²) in [5.41, 5.74) is -1.31. The van der Waals surface area contributed by atoms with Crippen molar-refractivity contribution in [2.24, 2.45) is 5.92 Å². The SMILES string of the molecule is CC=C(C)C(=O)OC[C@](C)(O)[C@H]1Oc2ccc3ccc(=O)oc3c2[C@H]1OC(=O)CC(C)C. The molecule has 1 N–H and O–H groups in total. The summed E-state index contributed by atoms with van der Waals surface area (Å²) < 4.78 is 22.3. The first-order chi connectivity index (χ1) is 15.0. The molecule has 0 bridgehead atoms. The van der Waals surface area contributed by atoms with Gasteiger partial charge in [-0.05, 0) is 44.9 Å². The average Bonchev–Trinajstić information content (AvgIpc) is 3.10. The van der Waals surface area contributed by atoms with Gasteiger partial charge in [-0.3, -0.25) is 4.79 Å². The zero-order valence-corrected chi connectivity index (χ0v) is 18.8. The molecule has 0 spiro atoms. The molecule has 1 aromatic carbocycles. The molecule has 32 heavy (non-hydrogen) atoms. The number of ether oxygens (including phenoxy) is 3. The van der Waals surface area contributed by atoms with Crippen molar-refractivity contribution in [2.45, 2.75) is 58.8 Å². The van der Waals surface area contributed by atoms with Crippen molar-refractivity contribution in [3.8, 4) is 5.75 Å². The van der Waals surface area contributed by atoms with Crippen molar-refractivity contribution in [3.63, 3.8) is 0 Å². The number of fused-ring (bicyclic) bond motifs is 3. The Kier molecular flexibility index (Phi) is 6.74. The highest BCUT2D eigenvalue weighted by Gasteiger charge is 2.50. The van der Waals surface area contributed by atoms with Crippen molar-refractivity contribution >= 4 is 22.9 Å². The summed E-state index contributed by atoms with van der Waals surface area (Å²) >= 11 is 0. The normalized spacial score (nSPS) is 19.9. The molecule has 8 nitrogen and oxygen atoms in total. The smallest absolute Gasteiger partial charge is 0.336 e. The molecule has 0 saturated heterocycles. The monoisotopic (exact) mass is 444 g/mol. The van der Waals surface area contributed by atoms with Crippen LogP contribution in [-0.4, -0.2) is 35.4 Å². The maximum Gasteiger partial charge on any atom is 0.336 e. The lowest BCUT2D eigenvalue weighted by Crippen LogP contribution is -2.49. The number of carbonyl (C=O) groups excluding carboxylic acids is 2. The molecule has 0 saturated carbocycles.